The number of hydrogen-bond donors (Lipinski definition) is 1. The van der Waals surface area contributed by atoms with E-state index in [1.807, 2.05) is 54.6 Å². The number of nitrogen functional groups attached to an aromatic ring is 1. The van der Waals surface area contributed by atoms with E-state index in [2.05, 4.69) is 6.92 Å². The molecule has 0 radical (unpaired) electrons. The summed E-state index contributed by atoms with van der Waals surface area (Å²) in [6.45, 7) is 2.15. The molecule has 0 aliphatic heterocycles. The van der Waals surface area contributed by atoms with Crippen LogP contribution in [0.4, 0.5) is 5.69 Å². The molecule has 2 aromatic rings. The molecule has 0 aliphatic rings. The van der Waals surface area contributed by atoms with Gasteiger partial charge in [0.15, 0.2) is 0 Å². The summed E-state index contributed by atoms with van der Waals surface area (Å²) < 4.78 is 11.8. The van der Waals surface area contributed by atoms with Gasteiger partial charge in [0, 0.05) is 18.2 Å². The van der Waals surface area contributed by atoms with Crippen LogP contribution in [0.15, 0.2) is 54.6 Å². The van der Waals surface area contributed by atoms with Crippen LogP contribution in [0.2, 0.25) is 0 Å². The van der Waals surface area contributed by atoms with Gasteiger partial charge in [0.05, 0.1) is 0 Å². The summed E-state index contributed by atoms with van der Waals surface area (Å²) in [6, 6.07) is 17.2. The molecule has 0 amide bonds. The molecule has 0 aromatic heterocycles. The number of para-hydroxylation sites is 1. The van der Waals surface area contributed by atoms with Crippen LogP contribution >= 0.6 is 0 Å². The topological polar surface area (TPSA) is 44.5 Å². The third-order valence-electron chi connectivity index (χ3n) is 2.93. The van der Waals surface area contributed by atoms with Crippen molar-refractivity contribution in [3.8, 4) is 11.5 Å². The second-order valence-corrected chi connectivity index (χ2v) is 4.69. The number of hydrogen-bond acceptors (Lipinski definition) is 3. The first-order valence-corrected chi connectivity index (χ1v) is 7.02. The van der Waals surface area contributed by atoms with Gasteiger partial charge in [-0.05, 0) is 30.7 Å². The molecule has 20 heavy (non-hydrogen) atoms. The maximum atomic E-state index is 5.90. The molecule has 0 bridgehead atoms. The summed E-state index contributed by atoms with van der Waals surface area (Å²) in [5.74, 6) is 1.56. The smallest absolute Gasteiger partial charge is 0.241 e. The number of anilines is 1. The van der Waals surface area contributed by atoms with Crippen LogP contribution in [0.5, 0.6) is 11.5 Å². The maximum absolute atomic E-state index is 5.90. The monoisotopic (exact) mass is 271 g/mol. The third kappa shape index (κ3) is 4.50. The predicted octanol–water partition coefficient (Wildman–Crippen LogP) is 4.24. The highest BCUT2D eigenvalue weighted by atomic mass is 16.7. The minimum absolute atomic E-state index is 0.292. The van der Waals surface area contributed by atoms with Crippen LogP contribution in [-0.4, -0.2) is 6.29 Å². The second-order valence-electron chi connectivity index (χ2n) is 4.69. The predicted molar refractivity (Wildman–Crippen MR) is 81.9 cm³/mol. The second kappa shape index (κ2) is 7.43. The molecule has 0 aliphatic carbocycles. The molecule has 0 saturated carbocycles. The van der Waals surface area contributed by atoms with Crippen LogP contribution in [-0.2, 0) is 0 Å². The molecule has 106 valence electrons. The number of nitrogens with two attached hydrogens (primary N) is 1. The third-order valence-corrected chi connectivity index (χ3v) is 2.93. The van der Waals surface area contributed by atoms with Crippen LogP contribution in [0, 0.1) is 0 Å². The van der Waals surface area contributed by atoms with E-state index in [1.165, 1.54) is 0 Å². The van der Waals surface area contributed by atoms with Crippen molar-refractivity contribution in [1.29, 1.82) is 0 Å². The lowest BCUT2D eigenvalue weighted by atomic mass is 10.2. The van der Waals surface area contributed by atoms with E-state index in [-0.39, 0.29) is 6.29 Å². The van der Waals surface area contributed by atoms with E-state index in [0.717, 1.165) is 30.8 Å². The van der Waals surface area contributed by atoms with Crippen LogP contribution in [0.3, 0.4) is 0 Å². The van der Waals surface area contributed by atoms with E-state index >= 15 is 0 Å². The Morgan fingerprint density at radius 3 is 2.35 bits per heavy atom. The van der Waals surface area contributed by atoms with Crippen molar-refractivity contribution >= 4 is 5.69 Å². The molecule has 0 saturated heterocycles. The Kier molecular flexibility index (Phi) is 5.30. The lowest BCUT2D eigenvalue weighted by molar-refractivity contribution is -0.00206. The summed E-state index contributed by atoms with van der Waals surface area (Å²) in [5.41, 5.74) is 6.46. The fraction of sp³-hybridized carbons (Fsp3) is 0.294. The SMILES string of the molecule is CCCCC(Oc1ccccc1)Oc1cccc(N)c1. The van der Waals surface area contributed by atoms with E-state index in [4.69, 9.17) is 15.2 Å². The van der Waals surface area contributed by atoms with Gasteiger partial charge in [0.1, 0.15) is 11.5 Å². The summed E-state index contributed by atoms with van der Waals surface area (Å²) in [7, 11) is 0. The highest BCUT2D eigenvalue weighted by Crippen LogP contribution is 2.20. The fourth-order valence-electron chi connectivity index (χ4n) is 1.90. The van der Waals surface area contributed by atoms with Gasteiger partial charge in [-0.1, -0.05) is 37.6 Å². The average molecular weight is 271 g/mol. The first-order chi connectivity index (χ1) is 9.78. The standard InChI is InChI=1S/C17H21NO2/c1-2-3-12-17(19-15-9-5-4-6-10-15)20-16-11-7-8-14(18)13-16/h4-11,13,17H,2-3,12,18H2,1H3. The molecule has 0 heterocycles. The lowest BCUT2D eigenvalue weighted by Crippen LogP contribution is -2.23. The molecule has 2 N–H and O–H groups in total. The van der Waals surface area contributed by atoms with Gasteiger partial charge in [-0.15, -0.1) is 0 Å². The molecule has 0 fully saturated rings. The highest BCUT2D eigenvalue weighted by molar-refractivity contribution is 5.43. The normalized spacial score (nSPS) is 11.8. The molecule has 2 aromatic carbocycles. The first-order valence-electron chi connectivity index (χ1n) is 7.02. The zero-order valence-corrected chi connectivity index (χ0v) is 11.8. The van der Waals surface area contributed by atoms with Gasteiger partial charge in [-0.2, -0.15) is 0 Å². The Morgan fingerprint density at radius 1 is 0.950 bits per heavy atom. The molecule has 0 spiro atoms. The average Bonchev–Trinajstić information content (AvgIpc) is 2.46. The van der Waals surface area contributed by atoms with Crippen molar-refractivity contribution in [2.24, 2.45) is 0 Å². The van der Waals surface area contributed by atoms with Crippen LogP contribution < -0.4 is 15.2 Å². The quantitative estimate of drug-likeness (QED) is 0.605. The summed E-state index contributed by atoms with van der Waals surface area (Å²) in [4.78, 5) is 0. The minimum Gasteiger partial charge on any atom is -0.455 e. The van der Waals surface area contributed by atoms with Gasteiger partial charge < -0.3 is 15.2 Å². The number of benzene rings is 2. The Balaban J connectivity index is 2.03. The van der Waals surface area contributed by atoms with Crippen molar-refractivity contribution in [2.45, 2.75) is 32.5 Å². The van der Waals surface area contributed by atoms with Gasteiger partial charge >= 0.3 is 0 Å². The lowest BCUT2D eigenvalue weighted by Gasteiger charge is -2.20. The Morgan fingerprint density at radius 2 is 1.65 bits per heavy atom. The maximum Gasteiger partial charge on any atom is 0.241 e. The minimum atomic E-state index is -0.292. The zero-order chi connectivity index (χ0) is 14.2. The fourth-order valence-corrected chi connectivity index (χ4v) is 1.90. The Labute approximate surface area is 120 Å². The number of ether oxygens (including phenoxy) is 2. The van der Waals surface area contributed by atoms with Gasteiger partial charge in [0.2, 0.25) is 6.29 Å². The largest absolute Gasteiger partial charge is 0.455 e. The molecular formula is C17H21NO2. The van der Waals surface area contributed by atoms with Gasteiger partial charge in [0.25, 0.3) is 0 Å². The van der Waals surface area contributed by atoms with Crippen molar-refractivity contribution in [1.82, 2.24) is 0 Å². The van der Waals surface area contributed by atoms with Crippen molar-refractivity contribution in [2.75, 3.05) is 5.73 Å². The van der Waals surface area contributed by atoms with Crippen molar-refractivity contribution in [3.05, 3.63) is 54.6 Å². The van der Waals surface area contributed by atoms with E-state index in [1.54, 1.807) is 0 Å². The molecule has 1 unspecified atom stereocenters. The molecule has 1 atom stereocenters. The van der Waals surface area contributed by atoms with Crippen LogP contribution in [0.1, 0.15) is 26.2 Å². The van der Waals surface area contributed by atoms with Gasteiger partial charge in [-0.25, -0.2) is 0 Å². The van der Waals surface area contributed by atoms with E-state index < -0.39 is 0 Å². The first kappa shape index (κ1) is 14.3. The Hall–Kier alpha value is -2.16. The highest BCUT2D eigenvalue weighted by Gasteiger charge is 2.12. The molecular weight excluding hydrogens is 250 g/mol. The Bertz CT molecular complexity index is 513. The van der Waals surface area contributed by atoms with E-state index in [9.17, 15) is 0 Å². The molecule has 3 heteroatoms. The van der Waals surface area contributed by atoms with Gasteiger partial charge in [-0.3, -0.25) is 0 Å². The summed E-state index contributed by atoms with van der Waals surface area (Å²) >= 11 is 0. The molecule has 2 rings (SSSR count). The number of unbranched alkanes of at least 4 members (excludes halogenated alkanes) is 1. The zero-order valence-electron chi connectivity index (χ0n) is 11.8. The summed E-state index contributed by atoms with van der Waals surface area (Å²) in [5, 5.41) is 0. The van der Waals surface area contributed by atoms with E-state index in [0.29, 0.717) is 5.69 Å². The van der Waals surface area contributed by atoms with Crippen molar-refractivity contribution < 1.29 is 9.47 Å². The summed E-state index contributed by atoms with van der Waals surface area (Å²) in [6.07, 6.45) is 2.72. The number of rotatable bonds is 7. The van der Waals surface area contributed by atoms with Crippen LogP contribution in [0.25, 0.3) is 0 Å². The molecule has 3 nitrogen and oxygen atoms in total. The van der Waals surface area contributed by atoms with Crippen molar-refractivity contribution in [3.63, 3.8) is 0 Å².